The van der Waals surface area contributed by atoms with Gasteiger partial charge in [0.05, 0.1) is 11.8 Å². The molecule has 1 atom stereocenters. The number of halogens is 1. The highest BCUT2D eigenvalue weighted by molar-refractivity contribution is 7.80. The predicted octanol–water partition coefficient (Wildman–Crippen LogP) is 5.57. The second-order valence-electron chi connectivity index (χ2n) is 6.67. The summed E-state index contributed by atoms with van der Waals surface area (Å²) >= 11 is 11.7. The molecule has 0 aliphatic carbocycles. The van der Waals surface area contributed by atoms with E-state index >= 15 is 0 Å². The van der Waals surface area contributed by atoms with Crippen molar-refractivity contribution in [2.24, 2.45) is 5.10 Å². The fraction of sp³-hybridized carbons (Fsp3) is 0.130. The van der Waals surface area contributed by atoms with Crippen molar-refractivity contribution in [2.75, 3.05) is 0 Å². The normalized spacial score (nSPS) is 16.0. The lowest BCUT2D eigenvalue weighted by Gasteiger charge is -2.25. The van der Waals surface area contributed by atoms with Crippen LogP contribution in [-0.4, -0.2) is 15.8 Å². The number of nitrogens with one attached hydrogen (secondary N) is 1. The molecule has 0 saturated heterocycles. The number of thiocarbonyl (C=S) groups is 1. The standard InChI is InChI=1S/C23H20ClN3S/c24-20-13-11-18(12-14-20)21-15-22(19-9-5-2-6-10-19)27(26-21)23(28)25-16-17-7-3-1-4-8-17/h1-14,22H,15-16H2,(H,25,28)/t22-/m1/s1. The summed E-state index contributed by atoms with van der Waals surface area (Å²) in [6.07, 6.45) is 0.790. The Balaban J connectivity index is 1.57. The average molecular weight is 406 g/mol. The Morgan fingerprint density at radius 2 is 1.61 bits per heavy atom. The minimum Gasteiger partial charge on any atom is -0.357 e. The first-order chi connectivity index (χ1) is 13.7. The molecule has 1 heterocycles. The second-order valence-corrected chi connectivity index (χ2v) is 7.50. The van der Waals surface area contributed by atoms with Crippen LogP contribution in [0.4, 0.5) is 0 Å². The van der Waals surface area contributed by atoms with Gasteiger partial charge in [0.2, 0.25) is 0 Å². The van der Waals surface area contributed by atoms with E-state index in [1.165, 1.54) is 11.1 Å². The maximum Gasteiger partial charge on any atom is 0.190 e. The summed E-state index contributed by atoms with van der Waals surface area (Å²) in [5.74, 6) is 0. The van der Waals surface area contributed by atoms with Gasteiger partial charge in [-0.2, -0.15) is 5.10 Å². The number of hydrogen-bond acceptors (Lipinski definition) is 2. The lowest BCUT2D eigenvalue weighted by atomic mass is 9.99. The monoisotopic (exact) mass is 405 g/mol. The molecule has 1 aliphatic rings. The fourth-order valence-electron chi connectivity index (χ4n) is 3.30. The van der Waals surface area contributed by atoms with Crippen LogP contribution in [0.3, 0.4) is 0 Å². The third kappa shape index (κ3) is 4.24. The van der Waals surface area contributed by atoms with Crippen molar-refractivity contribution >= 4 is 34.6 Å². The van der Waals surface area contributed by atoms with E-state index in [9.17, 15) is 0 Å². The highest BCUT2D eigenvalue weighted by Crippen LogP contribution is 2.33. The molecule has 0 bridgehead atoms. The molecule has 140 valence electrons. The zero-order valence-electron chi connectivity index (χ0n) is 15.3. The Morgan fingerprint density at radius 1 is 0.964 bits per heavy atom. The van der Waals surface area contributed by atoms with Gasteiger partial charge in [-0.25, -0.2) is 5.01 Å². The first-order valence-corrected chi connectivity index (χ1v) is 9.99. The lowest BCUT2D eigenvalue weighted by molar-refractivity contribution is 0.364. The van der Waals surface area contributed by atoms with Gasteiger partial charge < -0.3 is 5.32 Å². The molecule has 1 N–H and O–H groups in total. The van der Waals surface area contributed by atoms with Gasteiger partial charge in [0.15, 0.2) is 5.11 Å². The highest BCUT2D eigenvalue weighted by atomic mass is 35.5. The van der Waals surface area contributed by atoms with Gasteiger partial charge >= 0.3 is 0 Å². The molecule has 1 aliphatic heterocycles. The first kappa shape index (κ1) is 18.7. The molecule has 28 heavy (non-hydrogen) atoms. The summed E-state index contributed by atoms with van der Waals surface area (Å²) in [5.41, 5.74) is 4.45. The summed E-state index contributed by atoms with van der Waals surface area (Å²) < 4.78 is 0. The van der Waals surface area contributed by atoms with E-state index < -0.39 is 0 Å². The van der Waals surface area contributed by atoms with Crippen molar-refractivity contribution in [3.63, 3.8) is 0 Å². The summed E-state index contributed by atoms with van der Waals surface area (Å²) in [5, 5.41) is 11.5. The van der Waals surface area contributed by atoms with E-state index in [0.717, 1.165) is 22.7 Å². The zero-order valence-corrected chi connectivity index (χ0v) is 16.8. The molecule has 3 aromatic carbocycles. The Bertz CT molecular complexity index is 972. The van der Waals surface area contributed by atoms with Crippen LogP contribution in [-0.2, 0) is 6.54 Å². The molecule has 0 aromatic heterocycles. The molecular formula is C23H20ClN3S. The van der Waals surface area contributed by atoms with Crippen molar-refractivity contribution < 1.29 is 0 Å². The Hall–Kier alpha value is -2.69. The summed E-state index contributed by atoms with van der Waals surface area (Å²) in [6, 6.07) is 28.5. The molecule has 5 heteroatoms. The Morgan fingerprint density at radius 3 is 2.29 bits per heavy atom. The molecule has 3 aromatic rings. The van der Waals surface area contributed by atoms with Gasteiger partial charge in [0.1, 0.15) is 0 Å². The average Bonchev–Trinajstić information content (AvgIpc) is 3.19. The first-order valence-electron chi connectivity index (χ1n) is 9.20. The number of nitrogens with zero attached hydrogens (tertiary/aromatic N) is 2. The molecule has 0 amide bonds. The third-order valence-corrected chi connectivity index (χ3v) is 5.35. The van der Waals surface area contributed by atoms with Gasteiger partial charge in [0, 0.05) is 18.0 Å². The third-order valence-electron chi connectivity index (χ3n) is 4.77. The minimum atomic E-state index is 0.0719. The maximum atomic E-state index is 6.04. The van der Waals surface area contributed by atoms with Gasteiger partial charge in [0.25, 0.3) is 0 Å². The highest BCUT2D eigenvalue weighted by Gasteiger charge is 2.31. The Kier molecular flexibility index (Phi) is 5.70. The van der Waals surface area contributed by atoms with Crippen LogP contribution >= 0.6 is 23.8 Å². The van der Waals surface area contributed by atoms with Crippen molar-refractivity contribution in [2.45, 2.75) is 19.0 Å². The van der Waals surface area contributed by atoms with Crippen LogP contribution < -0.4 is 5.32 Å². The molecular weight excluding hydrogens is 386 g/mol. The smallest absolute Gasteiger partial charge is 0.190 e. The number of benzene rings is 3. The largest absolute Gasteiger partial charge is 0.357 e. The molecule has 0 fully saturated rings. The number of hydrogen-bond donors (Lipinski definition) is 1. The summed E-state index contributed by atoms with van der Waals surface area (Å²) in [7, 11) is 0. The van der Waals surface area contributed by atoms with E-state index in [4.69, 9.17) is 28.9 Å². The molecule has 0 radical (unpaired) electrons. The molecule has 4 rings (SSSR count). The van der Waals surface area contributed by atoms with Crippen molar-refractivity contribution in [3.8, 4) is 0 Å². The molecule has 3 nitrogen and oxygen atoms in total. The van der Waals surface area contributed by atoms with Crippen molar-refractivity contribution in [1.29, 1.82) is 0 Å². The lowest BCUT2D eigenvalue weighted by Crippen LogP contribution is -2.36. The van der Waals surface area contributed by atoms with Crippen molar-refractivity contribution in [3.05, 3.63) is 107 Å². The maximum absolute atomic E-state index is 6.04. The number of rotatable bonds is 4. The van der Waals surface area contributed by atoms with E-state index in [1.54, 1.807) is 0 Å². The molecule has 0 unspecified atom stereocenters. The van der Waals surface area contributed by atoms with E-state index in [1.807, 2.05) is 65.7 Å². The van der Waals surface area contributed by atoms with Gasteiger partial charge in [-0.05, 0) is 41.0 Å². The van der Waals surface area contributed by atoms with Crippen molar-refractivity contribution in [1.82, 2.24) is 10.3 Å². The van der Waals surface area contributed by atoms with Crippen LogP contribution in [0.1, 0.15) is 29.2 Å². The minimum absolute atomic E-state index is 0.0719. The van der Waals surface area contributed by atoms with Gasteiger partial charge in [-0.15, -0.1) is 0 Å². The quantitative estimate of drug-likeness (QED) is 0.575. The zero-order chi connectivity index (χ0) is 19.3. The SMILES string of the molecule is S=C(NCc1ccccc1)N1N=C(c2ccc(Cl)cc2)C[C@@H]1c1ccccc1. The van der Waals surface area contributed by atoms with E-state index in [2.05, 4.69) is 29.6 Å². The summed E-state index contributed by atoms with van der Waals surface area (Å²) in [4.78, 5) is 0. The van der Waals surface area contributed by atoms with Crippen LogP contribution in [0.2, 0.25) is 5.02 Å². The molecule has 0 spiro atoms. The van der Waals surface area contributed by atoms with Crippen LogP contribution in [0.15, 0.2) is 90.0 Å². The Labute approximate surface area is 175 Å². The predicted molar refractivity (Wildman–Crippen MR) is 120 cm³/mol. The fourth-order valence-corrected chi connectivity index (χ4v) is 3.67. The van der Waals surface area contributed by atoms with Gasteiger partial charge in [-0.3, -0.25) is 0 Å². The van der Waals surface area contributed by atoms with Crippen LogP contribution in [0, 0.1) is 0 Å². The van der Waals surface area contributed by atoms with Gasteiger partial charge in [-0.1, -0.05) is 84.4 Å². The topological polar surface area (TPSA) is 27.6 Å². The second kappa shape index (κ2) is 8.55. The number of hydrazone groups is 1. The van der Waals surface area contributed by atoms with Crippen LogP contribution in [0.5, 0.6) is 0 Å². The summed E-state index contributed by atoms with van der Waals surface area (Å²) in [6.45, 7) is 0.670. The molecule has 0 saturated carbocycles. The van der Waals surface area contributed by atoms with E-state index in [-0.39, 0.29) is 6.04 Å². The van der Waals surface area contributed by atoms with E-state index in [0.29, 0.717) is 11.7 Å². The van der Waals surface area contributed by atoms with Crippen LogP contribution in [0.25, 0.3) is 0 Å².